The van der Waals surface area contributed by atoms with E-state index in [1.807, 2.05) is 11.8 Å². The molecule has 0 aliphatic heterocycles. The molecule has 0 amide bonds. The van der Waals surface area contributed by atoms with Gasteiger partial charge in [0.1, 0.15) is 0 Å². The van der Waals surface area contributed by atoms with E-state index in [0.717, 1.165) is 6.42 Å². The van der Waals surface area contributed by atoms with Gasteiger partial charge in [0, 0.05) is 4.90 Å². The van der Waals surface area contributed by atoms with E-state index in [0.29, 0.717) is 5.41 Å². The number of hydrogen-bond donors (Lipinski definition) is 0. The minimum atomic E-state index is 0.381. The molecular formula is C12H18S. The molecule has 0 aliphatic rings. The average Bonchev–Trinajstić information content (AvgIpc) is 2.02. The first kappa shape index (κ1) is 10.6. The van der Waals surface area contributed by atoms with Crippen LogP contribution < -0.4 is 0 Å². The molecule has 0 saturated carbocycles. The largest absolute Gasteiger partial charge is 0.129 e. The molecule has 0 fully saturated rings. The van der Waals surface area contributed by atoms with Gasteiger partial charge in [-0.2, -0.15) is 0 Å². The van der Waals surface area contributed by atoms with Crippen LogP contribution in [-0.2, 0) is 6.42 Å². The molecule has 1 heteroatoms. The van der Waals surface area contributed by atoms with Gasteiger partial charge in [0.2, 0.25) is 0 Å². The van der Waals surface area contributed by atoms with Gasteiger partial charge in [-0.15, -0.1) is 11.8 Å². The van der Waals surface area contributed by atoms with Crippen LogP contribution in [0.2, 0.25) is 0 Å². The second-order valence-corrected chi connectivity index (χ2v) is 5.40. The highest BCUT2D eigenvalue weighted by molar-refractivity contribution is 7.98. The third-order valence-electron chi connectivity index (χ3n) is 1.91. The van der Waals surface area contributed by atoms with Crippen molar-refractivity contribution in [2.24, 2.45) is 5.41 Å². The van der Waals surface area contributed by atoms with Gasteiger partial charge in [0.05, 0.1) is 0 Å². The summed E-state index contributed by atoms with van der Waals surface area (Å²) in [7, 11) is 0. The second-order valence-electron chi connectivity index (χ2n) is 4.55. The Morgan fingerprint density at radius 2 is 1.77 bits per heavy atom. The first-order chi connectivity index (χ1) is 6.03. The van der Waals surface area contributed by atoms with Crippen molar-refractivity contribution >= 4 is 11.8 Å². The van der Waals surface area contributed by atoms with E-state index in [9.17, 15) is 0 Å². The molecule has 0 bridgehead atoms. The summed E-state index contributed by atoms with van der Waals surface area (Å²) in [5.74, 6) is 0. The first-order valence-electron chi connectivity index (χ1n) is 4.65. The van der Waals surface area contributed by atoms with E-state index >= 15 is 0 Å². The highest BCUT2D eigenvalue weighted by Gasteiger charge is 2.12. The van der Waals surface area contributed by atoms with Crippen molar-refractivity contribution in [3.63, 3.8) is 0 Å². The van der Waals surface area contributed by atoms with Crippen molar-refractivity contribution in [1.29, 1.82) is 0 Å². The zero-order valence-corrected chi connectivity index (χ0v) is 9.74. The highest BCUT2D eigenvalue weighted by Crippen LogP contribution is 2.27. The Balaban J connectivity index is 2.87. The molecule has 0 aliphatic carbocycles. The van der Waals surface area contributed by atoms with Crippen LogP contribution in [0, 0.1) is 5.41 Å². The minimum absolute atomic E-state index is 0.381. The fourth-order valence-electron chi connectivity index (χ4n) is 1.42. The normalized spacial score (nSPS) is 11.7. The molecule has 0 unspecified atom stereocenters. The van der Waals surface area contributed by atoms with Crippen LogP contribution in [0.15, 0.2) is 29.2 Å². The SMILES string of the molecule is CSc1ccccc1CC(C)(C)C. The predicted molar refractivity (Wildman–Crippen MR) is 61.4 cm³/mol. The maximum atomic E-state index is 2.28. The third-order valence-corrected chi connectivity index (χ3v) is 2.75. The Kier molecular flexibility index (Phi) is 3.43. The van der Waals surface area contributed by atoms with E-state index in [4.69, 9.17) is 0 Å². The molecule has 1 rings (SSSR count). The summed E-state index contributed by atoms with van der Waals surface area (Å²) in [4.78, 5) is 1.41. The number of thioether (sulfide) groups is 1. The Morgan fingerprint density at radius 3 is 2.31 bits per heavy atom. The van der Waals surface area contributed by atoms with Gasteiger partial charge in [0.25, 0.3) is 0 Å². The van der Waals surface area contributed by atoms with Gasteiger partial charge in [-0.1, -0.05) is 39.0 Å². The Bertz CT molecular complexity index is 271. The first-order valence-corrected chi connectivity index (χ1v) is 5.87. The van der Waals surface area contributed by atoms with Crippen molar-refractivity contribution in [2.45, 2.75) is 32.1 Å². The molecule has 1 aromatic rings. The lowest BCUT2D eigenvalue weighted by Crippen LogP contribution is -2.09. The molecule has 1 aromatic carbocycles. The van der Waals surface area contributed by atoms with Crippen molar-refractivity contribution in [1.82, 2.24) is 0 Å². The lowest BCUT2D eigenvalue weighted by Gasteiger charge is -2.19. The number of rotatable bonds is 2. The van der Waals surface area contributed by atoms with Gasteiger partial charge >= 0.3 is 0 Å². The molecule has 0 N–H and O–H groups in total. The van der Waals surface area contributed by atoms with Gasteiger partial charge in [-0.25, -0.2) is 0 Å². The van der Waals surface area contributed by atoms with E-state index < -0.39 is 0 Å². The summed E-state index contributed by atoms with van der Waals surface area (Å²) in [6.45, 7) is 6.85. The second kappa shape index (κ2) is 4.19. The fraction of sp³-hybridized carbons (Fsp3) is 0.500. The molecule has 0 saturated heterocycles. The monoisotopic (exact) mass is 194 g/mol. The van der Waals surface area contributed by atoms with Crippen LogP contribution >= 0.6 is 11.8 Å². The molecule has 0 aromatic heterocycles. The van der Waals surface area contributed by atoms with Gasteiger partial charge in [-0.05, 0) is 29.7 Å². The summed E-state index contributed by atoms with van der Waals surface area (Å²) < 4.78 is 0. The summed E-state index contributed by atoms with van der Waals surface area (Å²) in [6, 6.07) is 8.67. The van der Waals surface area contributed by atoms with Crippen LogP contribution in [0.25, 0.3) is 0 Å². The molecule has 0 nitrogen and oxygen atoms in total. The molecular weight excluding hydrogens is 176 g/mol. The Morgan fingerprint density at radius 1 is 1.15 bits per heavy atom. The minimum Gasteiger partial charge on any atom is -0.129 e. The summed E-state index contributed by atoms with van der Waals surface area (Å²) in [5, 5.41) is 0. The maximum Gasteiger partial charge on any atom is 0.0101 e. The molecule has 0 heterocycles. The summed E-state index contributed by atoms with van der Waals surface area (Å²) in [5.41, 5.74) is 1.86. The molecule has 0 atom stereocenters. The van der Waals surface area contributed by atoms with Crippen molar-refractivity contribution in [3.8, 4) is 0 Å². The van der Waals surface area contributed by atoms with E-state index in [2.05, 4.69) is 51.3 Å². The lowest BCUT2D eigenvalue weighted by molar-refractivity contribution is 0.408. The van der Waals surface area contributed by atoms with Gasteiger partial charge < -0.3 is 0 Å². The molecule has 13 heavy (non-hydrogen) atoms. The lowest BCUT2D eigenvalue weighted by atomic mass is 9.88. The predicted octanol–water partition coefficient (Wildman–Crippen LogP) is 4.00. The number of hydrogen-bond acceptors (Lipinski definition) is 1. The van der Waals surface area contributed by atoms with Gasteiger partial charge in [-0.3, -0.25) is 0 Å². The molecule has 0 radical (unpaired) electrons. The Labute approximate surface area is 85.7 Å². The van der Waals surface area contributed by atoms with Gasteiger partial charge in [0.15, 0.2) is 0 Å². The van der Waals surface area contributed by atoms with Crippen LogP contribution in [0.4, 0.5) is 0 Å². The topological polar surface area (TPSA) is 0 Å². The summed E-state index contributed by atoms with van der Waals surface area (Å²) in [6.07, 6.45) is 3.30. The zero-order chi connectivity index (χ0) is 9.90. The fourth-order valence-corrected chi connectivity index (χ4v) is 2.04. The van der Waals surface area contributed by atoms with E-state index in [1.165, 1.54) is 10.5 Å². The highest BCUT2D eigenvalue weighted by atomic mass is 32.2. The quantitative estimate of drug-likeness (QED) is 0.641. The van der Waals surface area contributed by atoms with Crippen LogP contribution in [-0.4, -0.2) is 6.26 Å². The van der Waals surface area contributed by atoms with E-state index in [-0.39, 0.29) is 0 Å². The number of benzene rings is 1. The summed E-state index contributed by atoms with van der Waals surface area (Å²) >= 11 is 1.84. The average molecular weight is 194 g/mol. The Hall–Kier alpha value is -0.430. The standard InChI is InChI=1S/C12H18S/c1-12(2,3)9-10-7-5-6-8-11(10)13-4/h5-8H,9H2,1-4H3. The maximum absolute atomic E-state index is 2.28. The van der Waals surface area contributed by atoms with Crippen molar-refractivity contribution < 1.29 is 0 Å². The van der Waals surface area contributed by atoms with Crippen LogP contribution in [0.1, 0.15) is 26.3 Å². The molecule has 72 valence electrons. The smallest absolute Gasteiger partial charge is 0.0101 e. The molecule has 0 spiro atoms. The van der Waals surface area contributed by atoms with E-state index in [1.54, 1.807) is 0 Å². The zero-order valence-electron chi connectivity index (χ0n) is 8.92. The third kappa shape index (κ3) is 3.43. The van der Waals surface area contributed by atoms with Crippen molar-refractivity contribution in [3.05, 3.63) is 29.8 Å². The van der Waals surface area contributed by atoms with Crippen molar-refractivity contribution in [2.75, 3.05) is 6.26 Å². The van der Waals surface area contributed by atoms with Crippen LogP contribution in [0.5, 0.6) is 0 Å². The van der Waals surface area contributed by atoms with Crippen LogP contribution in [0.3, 0.4) is 0 Å².